The van der Waals surface area contributed by atoms with Crippen molar-refractivity contribution in [3.05, 3.63) is 83.8 Å². The molecule has 0 radical (unpaired) electrons. The van der Waals surface area contributed by atoms with Crippen molar-refractivity contribution >= 4 is 22.5 Å². The van der Waals surface area contributed by atoms with E-state index in [0.717, 1.165) is 16.6 Å². The second kappa shape index (κ2) is 7.44. The summed E-state index contributed by atoms with van der Waals surface area (Å²) < 4.78 is 5.71. The highest BCUT2D eigenvalue weighted by Gasteiger charge is 2.12. The molecule has 4 rings (SSSR count). The lowest BCUT2D eigenvalue weighted by atomic mass is 10.1. The minimum atomic E-state index is -0.182. The molecule has 138 valence electrons. The van der Waals surface area contributed by atoms with Gasteiger partial charge in [0.2, 0.25) is 11.8 Å². The van der Waals surface area contributed by atoms with Gasteiger partial charge in [-0.3, -0.25) is 4.79 Å². The quantitative estimate of drug-likeness (QED) is 0.564. The molecular weight excluding hydrogens is 352 g/mol. The number of nitrogens with zero attached hydrogens (tertiary/aromatic N) is 3. The Morgan fingerprint density at radius 1 is 0.929 bits per heavy atom. The average molecular weight is 370 g/mol. The van der Waals surface area contributed by atoms with Crippen molar-refractivity contribution in [2.45, 2.75) is 13.8 Å². The lowest BCUT2D eigenvalue weighted by Crippen LogP contribution is -2.12. The molecule has 6 heteroatoms. The van der Waals surface area contributed by atoms with E-state index >= 15 is 0 Å². The number of amides is 1. The largest absolute Gasteiger partial charge is 0.421 e. The number of fused-ring (bicyclic) bond motifs is 1. The Kier molecular flexibility index (Phi) is 4.68. The minimum absolute atomic E-state index is 0.182. The first-order chi connectivity index (χ1) is 13.6. The predicted molar refractivity (Wildman–Crippen MR) is 108 cm³/mol. The van der Waals surface area contributed by atoms with Gasteiger partial charge in [0.25, 0.3) is 5.91 Å². The molecule has 0 fully saturated rings. The van der Waals surface area contributed by atoms with Gasteiger partial charge in [0.05, 0.1) is 5.52 Å². The molecule has 1 amide bonds. The second-order valence-electron chi connectivity index (χ2n) is 6.39. The summed E-state index contributed by atoms with van der Waals surface area (Å²) in [5.41, 5.74) is 3.06. The highest BCUT2D eigenvalue weighted by atomic mass is 16.5. The molecular formula is C22H18N4O2. The first-order valence-electron chi connectivity index (χ1n) is 8.84. The van der Waals surface area contributed by atoms with Crippen LogP contribution >= 0.6 is 0 Å². The van der Waals surface area contributed by atoms with Crippen molar-refractivity contribution in [2.24, 2.45) is 0 Å². The molecule has 0 atom stereocenters. The van der Waals surface area contributed by atoms with E-state index in [9.17, 15) is 4.79 Å². The van der Waals surface area contributed by atoms with Crippen LogP contribution < -0.4 is 10.1 Å². The Labute approximate surface area is 162 Å². The van der Waals surface area contributed by atoms with E-state index in [2.05, 4.69) is 20.3 Å². The van der Waals surface area contributed by atoms with Gasteiger partial charge in [-0.1, -0.05) is 18.2 Å². The number of benzene rings is 2. The van der Waals surface area contributed by atoms with Crippen LogP contribution in [-0.2, 0) is 0 Å². The van der Waals surface area contributed by atoms with Crippen LogP contribution in [0, 0.1) is 13.8 Å². The Morgan fingerprint density at radius 3 is 2.57 bits per heavy atom. The average Bonchev–Trinajstić information content (AvgIpc) is 2.67. The number of carbonyl (C=O) groups excluding carboxylic acids is 1. The second-order valence-corrected chi connectivity index (χ2v) is 6.39. The maximum absolute atomic E-state index is 12.8. The monoisotopic (exact) mass is 370 g/mol. The lowest BCUT2D eigenvalue weighted by molar-refractivity contribution is 0.102. The number of pyridine rings is 1. The molecule has 4 aromatic rings. The van der Waals surface area contributed by atoms with Gasteiger partial charge in [-0.2, -0.15) is 4.98 Å². The number of carbonyl (C=O) groups is 1. The van der Waals surface area contributed by atoms with Gasteiger partial charge < -0.3 is 10.1 Å². The highest BCUT2D eigenvalue weighted by molar-refractivity contribution is 6.12. The summed E-state index contributed by atoms with van der Waals surface area (Å²) in [5, 5.41) is 3.69. The number of anilines is 1. The number of nitrogens with one attached hydrogen (secondary N) is 1. The first-order valence-corrected chi connectivity index (χ1v) is 8.84. The smallest absolute Gasteiger partial charge is 0.256 e. The molecule has 6 nitrogen and oxygen atoms in total. The predicted octanol–water partition coefficient (Wildman–Crippen LogP) is 4.69. The third-order valence-corrected chi connectivity index (χ3v) is 4.19. The highest BCUT2D eigenvalue weighted by Crippen LogP contribution is 2.24. The van der Waals surface area contributed by atoms with Gasteiger partial charge >= 0.3 is 0 Å². The van der Waals surface area contributed by atoms with E-state index in [1.165, 1.54) is 0 Å². The van der Waals surface area contributed by atoms with Crippen molar-refractivity contribution in [2.75, 3.05) is 5.32 Å². The zero-order valence-electron chi connectivity index (χ0n) is 15.5. The Balaban J connectivity index is 1.62. The summed E-state index contributed by atoms with van der Waals surface area (Å²) in [7, 11) is 0. The third-order valence-electron chi connectivity index (χ3n) is 4.19. The van der Waals surface area contributed by atoms with Crippen LogP contribution in [0.1, 0.15) is 21.7 Å². The number of hydrogen-bond donors (Lipinski definition) is 1. The van der Waals surface area contributed by atoms with E-state index in [4.69, 9.17) is 4.74 Å². The molecule has 0 saturated carbocycles. The van der Waals surface area contributed by atoms with E-state index in [1.807, 2.05) is 43.3 Å². The molecule has 0 spiro atoms. The van der Waals surface area contributed by atoms with Crippen molar-refractivity contribution in [3.63, 3.8) is 0 Å². The van der Waals surface area contributed by atoms with E-state index in [0.29, 0.717) is 28.7 Å². The maximum Gasteiger partial charge on any atom is 0.256 e. The standard InChI is InChI=1S/C22H18N4O2/c1-14-5-3-6-16(13-14)25-22(27)18-7-4-8-19-17(18)9-10-20(26-19)28-21-11-12-23-15(2)24-21/h3-13H,1-2H3,(H,25,27). The van der Waals surface area contributed by atoms with Crippen molar-refractivity contribution in [1.82, 2.24) is 15.0 Å². The van der Waals surface area contributed by atoms with Crippen LogP contribution in [-0.4, -0.2) is 20.9 Å². The van der Waals surface area contributed by atoms with Crippen LogP contribution in [0.4, 0.5) is 5.69 Å². The summed E-state index contributed by atoms with van der Waals surface area (Å²) >= 11 is 0. The third kappa shape index (κ3) is 3.81. The number of rotatable bonds is 4. The topological polar surface area (TPSA) is 77.0 Å². The molecule has 0 aliphatic carbocycles. The zero-order valence-corrected chi connectivity index (χ0v) is 15.5. The van der Waals surface area contributed by atoms with Crippen molar-refractivity contribution in [3.8, 4) is 11.8 Å². The van der Waals surface area contributed by atoms with E-state index < -0.39 is 0 Å². The van der Waals surface area contributed by atoms with Crippen LogP contribution in [0.15, 0.2) is 66.9 Å². The Morgan fingerprint density at radius 2 is 1.75 bits per heavy atom. The molecule has 0 saturated heterocycles. The molecule has 28 heavy (non-hydrogen) atoms. The first kappa shape index (κ1) is 17.6. The van der Waals surface area contributed by atoms with Crippen LogP contribution in [0.5, 0.6) is 11.8 Å². The van der Waals surface area contributed by atoms with Gasteiger partial charge in [-0.05, 0) is 49.7 Å². The number of hydrogen-bond acceptors (Lipinski definition) is 5. The fraction of sp³-hybridized carbons (Fsp3) is 0.0909. The number of ether oxygens (including phenoxy) is 1. The van der Waals surface area contributed by atoms with Gasteiger partial charge in [-0.15, -0.1) is 0 Å². The van der Waals surface area contributed by atoms with Gasteiger partial charge in [0.1, 0.15) is 5.82 Å². The fourth-order valence-electron chi connectivity index (χ4n) is 2.91. The molecule has 1 N–H and O–H groups in total. The molecule has 0 aliphatic rings. The van der Waals surface area contributed by atoms with Crippen LogP contribution in [0.2, 0.25) is 0 Å². The Bertz CT molecular complexity index is 1170. The minimum Gasteiger partial charge on any atom is -0.421 e. The summed E-state index contributed by atoms with van der Waals surface area (Å²) in [4.78, 5) is 25.5. The normalized spacial score (nSPS) is 10.6. The molecule has 2 aromatic heterocycles. The molecule has 0 unspecified atom stereocenters. The molecule has 2 heterocycles. The van der Waals surface area contributed by atoms with E-state index in [1.54, 1.807) is 37.4 Å². The molecule has 2 aromatic carbocycles. The van der Waals surface area contributed by atoms with Gasteiger partial charge in [-0.25, -0.2) is 9.97 Å². The molecule has 0 bridgehead atoms. The fourth-order valence-corrected chi connectivity index (χ4v) is 2.91. The van der Waals surface area contributed by atoms with Gasteiger partial charge in [0.15, 0.2) is 0 Å². The molecule has 0 aliphatic heterocycles. The van der Waals surface area contributed by atoms with Crippen LogP contribution in [0.3, 0.4) is 0 Å². The van der Waals surface area contributed by atoms with Crippen LogP contribution in [0.25, 0.3) is 10.9 Å². The summed E-state index contributed by atoms with van der Waals surface area (Å²) in [6.45, 7) is 3.78. The number of aromatic nitrogens is 3. The van der Waals surface area contributed by atoms with E-state index in [-0.39, 0.29) is 5.91 Å². The van der Waals surface area contributed by atoms with Crippen molar-refractivity contribution < 1.29 is 9.53 Å². The van der Waals surface area contributed by atoms with Gasteiger partial charge in [0, 0.05) is 35.0 Å². The SMILES string of the molecule is Cc1cccc(NC(=O)c2cccc3nc(Oc4ccnc(C)n4)ccc23)c1. The summed E-state index contributed by atoms with van der Waals surface area (Å²) in [5.74, 6) is 1.26. The summed E-state index contributed by atoms with van der Waals surface area (Å²) in [6, 6.07) is 18.3. The Hall–Kier alpha value is -3.80. The van der Waals surface area contributed by atoms with Crippen molar-refractivity contribution in [1.29, 1.82) is 0 Å². The lowest BCUT2D eigenvalue weighted by Gasteiger charge is -2.10. The number of aryl methyl sites for hydroxylation is 2. The zero-order chi connectivity index (χ0) is 19.5. The summed E-state index contributed by atoms with van der Waals surface area (Å²) in [6.07, 6.45) is 1.63. The maximum atomic E-state index is 12.8.